The number of benzene rings is 2. The number of rotatable bonds is 5. The Bertz CT molecular complexity index is 958. The van der Waals surface area contributed by atoms with E-state index in [0.29, 0.717) is 22.0 Å². The van der Waals surface area contributed by atoms with Crippen molar-refractivity contribution < 1.29 is 10.0 Å². The highest BCUT2D eigenvalue weighted by molar-refractivity contribution is 9.10. The van der Waals surface area contributed by atoms with Crippen LogP contribution in [0.15, 0.2) is 57.4 Å². The van der Waals surface area contributed by atoms with Crippen LogP contribution in [0.3, 0.4) is 0 Å². The van der Waals surface area contributed by atoms with Crippen LogP contribution in [0.2, 0.25) is 0 Å². The minimum absolute atomic E-state index is 0.0168. The van der Waals surface area contributed by atoms with Gasteiger partial charge >= 0.3 is 0 Å². The molecule has 1 aromatic heterocycles. The maximum absolute atomic E-state index is 10.8. The van der Waals surface area contributed by atoms with Crippen LogP contribution in [0.5, 0.6) is 5.75 Å². The molecule has 0 saturated carbocycles. The summed E-state index contributed by atoms with van der Waals surface area (Å²) in [6.07, 6.45) is 1.48. The summed E-state index contributed by atoms with van der Waals surface area (Å²) in [6.45, 7) is 0. The molecule has 7 nitrogen and oxygen atoms in total. The molecule has 2 N–H and O–H groups in total. The second-order valence-corrected chi connectivity index (χ2v) is 6.69. The molecule has 0 bridgehead atoms. The Morgan fingerprint density at radius 3 is 2.96 bits per heavy atom. The van der Waals surface area contributed by atoms with E-state index in [1.807, 2.05) is 0 Å². The van der Waals surface area contributed by atoms with Gasteiger partial charge in [0.25, 0.3) is 5.69 Å². The fourth-order valence-corrected chi connectivity index (χ4v) is 3.07. The summed E-state index contributed by atoms with van der Waals surface area (Å²) in [6, 6.07) is 11.3. The first kappa shape index (κ1) is 17.1. The first-order valence-electron chi connectivity index (χ1n) is 7.01. The highest BCUT2D eigenvalue weighted by atomic mass is 79.9. The van der Waals surface area contributed by atoms with E-state index in [1.54, 1.807) is 35.7 Å². The van der Waals surface area contributed by atoms with Gasteiger partial charge in [0.05, 0.1) is 16.8 Å². The number of halogens is 1. The summed E-state index contributed by atoms with van der Waals surface area (Å²) in [5, 5.41) is 27.0. The fourth-order valence-electron chi connectivity index (χ4n) is 2.02. The lowest BCUT2D eigenvalue weighted by Gasteiger charge is -1.99. The summed E-state index contributed by atoms with van der Waals surface area (Å²) < 4.78 is 0.828. The van der Waals surface area contributed by atoms with Gasteiger partial charge in [0.1, 0.15) is 5.75 Å². The number of phenolic OH excluding ortho intramolecular Hbond substituents is 1. The SMILES string of the molecule is O=[N+]([O-])c1cccc(-c2csc(N/N=C/c3cc(Br)ccc3O)n2)c1. The van der Waals surface area contributed by atoms with Crippen molar-refractivity contribution in [2.75, 3.05) is 5.43 Å². The molecule has 126 valence electrons. The minimum Gasteiger partial charge on any atom is -0.507 e. The van der Waals surface area contributed by atoms with Gasteiger partial charge in [-0.2, -0.15) is 5.10 Å². The molecule has 0 aliphatic carbocycles. The van der Waals surface area contributed by atoms with Gasteiger partial charge < -0.3 is 5.11 Å². The number of aromatic hydroxyl groups is 1. The number of nitrogens with one attached hydrogen (secondary N) is 1. The van der Waals surface area contributed by atoms with Gasteiger partial charge in [-0.3, -0.25) is 15.5 Å². The van der Waals surface area contributed by atoms with Gasteiger partial charge in [-0.15, -0.1) is 11.3 Å². The Hall–Kier alpha value is -2.78. The van der Waals surface area contributed by atoms with Crippen LogP contribution in [0.25, 0.3) is 11.3 Å². The van der Waals surface area contributed by atoms with E-state index in [1.165, 1.54) is 29.7 Å². The van der Waals surface area contributed by atoms with Crippen molar-refractivity contribution in [3.8, 4) is 17.0 Å². The maximum atomic E-state index is 10.8. The Kier molecular flexibility index (Phi) is 5.05. The summed E-state index contributed by atoms with van der Waals surface area (Å²) in [4.78, 5) is 14.8. The number of aromatic nitrogens is 1. The molecule has 0 aliphatic rings. The van der Waals surface area contributed by atoms with E-state index < -0.39 is 4.92 Å². The van der Waals surface area contributed by atoms with Crippen molar-refractivity contribution in [2.24, 2.45) is 5.10 Å². The van der Waals surface area contributed by atoms with E-state index in [9.17, 15) is 15.2 Å². The first-order chi connectivity index (χ1) is 12.0. The molecule has 0 aliphatic heterocycles. The molecule has 0 fully saturated rings. The van der Waals surface area contributed by atoms with Crippen LogP contribution in [0, 0.1) is 10.1 Å². The molecular weight excluding hydrogens is 408 g/mol. The van der Waals surface area contributed by atoms with Gasteiger partial charge in [-0.25, -0.2) is 4.98 Å². The minimum atomic E-state index is -0.441. The number of nitro groups is 1. The van der Waals surface area contributed by atoms with Crippen molar-refractivity contribution in [1.29, 1.82) is 0 Å². The topological polar surface area (TPSA) is 101 Å². The van der Waals surface area contributed by atoms with Crippen molar-refractivity contribution in [3.63, 3.8) is 0 Å². The van der Waals surface area contributed by atoms with Gasteiger partial charge in [0.15, 0.2) is 0 Å². The van der Waals surface area contributed by atoms with E-state index >= 15 is 0 Å². The Morgan fingerprint density at radius 1 is 1.32 bits per heavy atom. The smallest absolute Gasteiger partial charge is 0.270 e. The zero-order valence-corrected chi connectivity index (χ0v) is 15.0. The van der Waals surface area contributed by atoms with Crippen LogP contribution in [-0.2, 0) is 0 Å². The summed E-state index contributed by atoms with van der Waals surface area (Å²) in [5.41, 5.74) is 4.64. The van der Waals surface area contributed by atoms with Crippen molar-refractivity contribution in [1.82, 2.24) is 4.98 Å². The lowest BCUT2D eigenvalue weighted by atomic mass is 10.1. The number of anilines is 1. The molecule has 9 heteroatoms. The van der Waals surface area contributed by atoms with Crippen molar-refractivity contribution in [3.05, 3.63) is 68.0 Å². The Morgan fingerprint density at radius 2 is 2.16 bits per heavy atom. The number of hydrazone groups is 1. The number of thiazole rings is 1. The standard InChI is InChI=1S/C16H11BrN4O3S/c17-12-4-5-15(22)11(6-12)8-18-20-16-19-14(9-25-16)10-2-1-3-13(7-10)21(23)24/h1-9,22H,(H,19,20)/b18-8+. The second-order valence-electron chi connectivity index (χ2n) is 4.92. The number of hydrogen-bond donors (Lipinski definition) is 2. The van der Waals surface area contributed by atoms with Crippen LogP contribution < -0.4 is 5.43 Å². The number of nitrogens with zero attached hydrogens (tertiary/aromatic N) is 3. The largest absolute Gasteiger partial charge is 0.507 e. The molecule has 0 radical (unpaired) electrons. The molecule has 0 amide bonds. The van der Waals surface area contributed by atoms with Gasteiger partial charge in [-0.1, -0.05) is 28.1 Å². The zero-order chi connectivity index (χ0) is 17.8. The lowest BCUT2D eigenvalue weighted by molar-refractivity contribution is -0.384. The summed E-state index contributed by atoms with van der Waals surface area (Å²) >= 11 is 4.65. The number of non-ortho nitro benzene ring substituents is 1. The quantitative estimate of drug-likeness (QED) is 0.357. The third-order valence-electron chi connectivity index (χ3n) is 3.21. The van der Waals surface area contributed by atoms with E-state index in [-0.39, 0.29) is 11.4 Å². The molecule has 3 aromatic rings. The highest BCUT2D eigenvalue weighted by Crippen LogP contribution is 2.27. The first-order valence-corrected chi connectivity index (χ1v) is 8.68. The van der Waals surface area contributed by atoms with Gasteiger partial charge in [0.2, 0.25) is 5.13 Å². The second kappa shape index (κ2) is 7.41. The van der Waals surface area contributed by atoms with Crippen molar-refractivity contribution in [2.45, 2.75) is 0 Å². The molecule has 3 rings (SSSR count). The molecule has 0 unspecified atom stereocenters. The molecule has 1 heterocycles. The Labute approximate surface area is 155 Å². The fraction of sp³-hybridized carbons (Fsp3) is 0. The summed E-state index contributed by atoms with van der Waals surface area (Å²) in [5.74, 6) is 0.116. The lowest BCUT2D eigenvalue weighted by Crippen LogP contribution is -1.91. The Balaban J connectivity index is 1.74. The average molecular weight is 419 g/mol. The number of nitro benzene ring substituents is 1. The van der Waals surface area contributed by atoms with Crippen LogP contribution in [0.4, 0.5) is 10.8 Å². The van der Waals surface area contributed by atoms with E-state index in [0.717, 1.165) is 4.47 Å². The molecule has 2 aromatic carbocycles. The number of phenols is 1. The maximum Gasteiger partial charge on any atom is 0.270 e. The van der Waals surface area contributed by atoms with Crippen molar-refractivity contribution >= 4 is 44.3 Å². The predicted molar refractivity (Wildman–Crippen MR) is 101 cm³/mol. The van der Waals surface area contributed by atoms with Crippen LogP contribution in [0.1, 0.15) is 5.56 Å². The zero-order valence-electron chi connectivity index (χ0n) is 12.6. The monoisotopic (exact) mass is 418 g/mol. The highest BCUT2D eigenvalue weighted by Gasteiger charge is 2.09. The normalized spacial score (nSPS) is 10.9. The molecule has 0 spiro atoms. The van der Waals surface area contributed by atoms with E-state index in [2.05, 4.69) is 31.4 Å². The molecule has 25 heavy (non-hydrogen) atoms. The molecular formula is C16H11BrN4O3S. The average Bonchev–Trinajstić information content (AvgIpc) is 3.07. The van der Waals surface area contributed by atoms with Gasteiger partial charge in [0, 0.05) is 33.1 Å². The van der Waals surface area contributed by atoms with E-state index in [4.69, 9.17) is 0 Å². The van der Waals surface area contributed by atoms with Gasteiger partial charge in [-0.05, 0) is 18.2 Å². The number of hydrogen-bond acceptors (Lipinski definition) is 7. The third-order valence-corrected chi connectivity index (χ3v) is 4.45. The molecule has 0 saturated heterocycles. The summed E-state index contributed by atoms with van der Waals surface area (Å²) in [7, 11) is 0. The third kappa shape index (κ3) is 4.20. The van der Waals surface area contributed by atoms with Crippen LogP contribution in [-0.4, -0.2) is 21.2 Å². The predicted octanol–water partition coefficient (Wildman–Crippen LogP) is 4.63. The molecule has 0 atom stereocenters. The van der Waals surface area contributed by atoms with Crippen LogP contribution >= 0.6 is 27.3 Å².